The Morgan fingerprint density at radius 2 is 1.97 bits per heavy atom. The molecule has 0 saturated heterocycles. The number of hydrogen-bond acceptors (Lipinski definition) is 7. The summed E-state index contributed by atoms with van der Waals surface area (Å²) in [4.78, 5) is 17.5. The molecular weight excluding hydrogens is 390 g/mol. The number of benzene rings is 1. The monoisotopic (exact) mass is 405 g/mol. The molecule has 1 aromatic carbocycles. The van der Waals surface area contributed by atoms with Crippen LogP contribution in [0.25, 0.3) is 28.2 Å². The van der Waals surface area contributed by atoms with Crippen molar-refractivity contribution in [2.75, 3.05) is 0 Å². The van der Waals surface area contributed by atoms with Crippen molar-refractivity contribution in [3.63, 3.8) is 0 Å². The van der Waals surface area contributed by atoms with E-state index in [1.165, 1.54) is 9.08 Å². The van der Waals surface area contributed by atoms with Gasteiger partial charge in [-0.25, -0.2) is 4.52 Å². The second-order valence-corrected chi connectivity index (χ2v) is 7.18. The first-order valence-electron chi connectivity index (χ1n) is 8.86. The topological polar surface area (TPSA) is 98.4 Å². The van der Waals surface area contributed by atoms with Crippen LogP contribution in [-0.4, -0.2) is 29.4 Å². The molecule has 5 rings (SSSR count). The summed E-state index contributed by atoms with van der Waals surface area (Å²) in [5.74, 6) is 0.813. The molecule has 0 atom stereocenters. The zero-order valence-electron chi connectivity index (χ0n) is 15.1. The minimum atomic E-state index is -0.296. The highest BCUT2D eigenvalue weighted by Gasteiger charge is 2.18. The molecule has 8 nitrogen and oxygen atoms in total. The second-order valence-electron chi connectivity index (χ2n) is 6.40. The van der Waals surface area contributed by atoms with Gasteiger partial charge in [-0.1, -0.05) is 35.5 Å². The molecule has 1 N–H and O–H groups in total. The van der Waals surface area contributed by atoms with Crippen LogP contribution >= 0.6 is 11.3 Å². The van der Waals surface area contributed by atoms with Gasteiger partial charge in [0, 0.05) is 34.5 Å². The van der Waals surface area contributed by atoms with Crippen molar-refractivity contribution in [1.29, 1.82) is 0 Å². The van der Waals surface area contributed by atoms with Gasteiger partial charge in [-0.2, -0.15) is 21.4 Å². The number of aromatic nitrogens is 5. The molecule has 9 heteroatoms. The summed E-state index contributed by atoms with van der Waals surface area (Å²) >= 11 is 1.55. The van der Waals surface area contributed by atoms with Crippen molar-refractivity contribution in [3.05, 3.63) is 81.4 Å². The Hall–Kier alpha value is -3.56. The fraction of sp³-hybridized carbons (Fsp3) is 0.100. The van der Waals surface area contributed by atoms with Crippen molar-refractivity contribution in [3.8, 4) is 22.6 Å². The van der Waals surface area contributed by atoms with Gasteiger partial charge in [0.05, 0.1) is 12.3 Å². The number of hydrogen-bond donors (Lipinski definition) is 1. The summed E-state index contributed by atoms with van der Waals surface area (Å²) in [5.41, 5.74) is 2.82. The predicted molar refractivity (Wildman–Crippen MR) is 108 cm³/mol. The van der Waals surface area contributed by atoms with E-state index >= 15 is 0 Å². The van der Waals surface area contributed by atoms with E-state index in [4.69, 9.17) is 4.52 Å². The van der Waals surface area contributed by atoms with Crippen molar-refractivity contribution in [2.24, 2.45) is 0 Å². The highest BCUT2D eigenvalue weighted by Crippen LogP contribution is 2.24. The average Bonchev–Trinajstić information content (AvgIpc) is 3.50. The van der Waals surface area contributed by atoms with E-state index in [0.29, 0.717) is 28.5 Å². The molecule has 0 aliphatic rings. The molecular formula is C20H15N5O3S. The third-order valence-electron chi connectivity index (χ3n) is 4.62. The Kier molecular flexibility index (Phi) is 4.30. The first-order chi connectivity index (χ1) is 14.2. The normalized spacial score (nSPS) is 11.3. The maximum Gasteiger partial charge on any atom is 0.277 e. The van der Waals surface area contributed by atoms with Gasteiger partial charge in [0.25, 0.3) is 5.56 Å². The summed E-state index contributed by atoms with van der Waals surface area (Å²) in [7, 11) is 0. The fourth-order valence-electron chi connectivity index (χ4n) is 3.23. The van der Waals surface area contributed by atoms with Gasteiger partial charge < -0.3 is 14.2 Å². The molecule has 0 amide bonds. The maximum atomic E-state index is 13.1. The zero-order valence-corrected chi connectivity index (χ0v) is 15.9. The molecule has 0 spiro atoms. The molecule has 0 unspecified atom stereocenters. The third-order valence-corrected chi connectivity index (χ3v) is 5.30. The smallest absolute Gasteiger partial charge is 0.277 e. The van der Waals surface area contributed by atoms with Crippen LogP contribution in [0.5, 0.6) is 0 Å². The Bertz CT molecular complexity index is 1340. The number of rotatable bonds is 5. The van der Waals surface area contributed by atoms with E-state index in [2.05, 4.69) is 15.2 Å². The van der Waals surface area contributed by atoms with E-state index in [9.17, 15) is 9.90 Å². The van der Waals surface area contributed by atoms with Crippen LogP contribution in [0.15, 0.2) is 68.9 Å². The largest absolute Gasteiger partial charge is 0.392 e. The Morgan fingerprint density at radius 1 is 1.10 bits per heavy atom. The van der Waals surface area contributed by atoms with Gasteiger partial charge in [0.2, 0.25) is 11.7 Å². The van der Waals surface area contributed by atoms with E-state index in [-0.39, 0.29) is 18.7 Å². The van der Waals surface area contributed by atoms with Crippen LogP contribution in [-0.2, 0) is 13.2 Å². The lowest BCUT2D eigenvalue weighted by Crippen LogP contribution is -2.22. The van der Waals surface area contributed by atoms with Gasteiger partial charge in [-0.3, -0.25) is 4.79 Å². The SMILES string of the molecule is O=c1c2c(CO)c(-c3ccccc3)nn2ccn1Cc1nc(-c2ccsc2)no1. The highest BCUT2D eigenvalue weighted by molar-refractivity contribution is 7.08. The van der Waals surface area contributed by atoms with Gasteiger partial charge in [-0.05, 0) is 11.4 Å². The minimum Gasteiger partial charge on any atom is -0.392 e. The van der Waals surface area contributed by atoms with E-state index in [1.54, 1.807) is 23.7 Å². The molecule has 0 aliphatic carbocycles. The molecule has 0 fully saturated rings. The lowest BCUT2D eigenvalue weighted by Gasteiger charge is -2.03. The van der Waals surface area contributed by atoms with Crippen LogP contribution in [0, 0.1) is 0 Å². The predicted octanol–water partition coefficient (Wildman–Crippen LogP) is 2.82. The molecule has 0 bridgehead atoms. The molecule has 29 heavy (non-hydrogen) atoms. The van der Waals surface area contributed by atoms with E-state index < -0.39 is 0 Å². The number of nitrogens with zero attached hydrogens (tertiary/aromatic N) is 5. The maximum absolute atomic E-state index is 13.1. The average molecular weight is 405 g/mol. The Balaban J connectivity index is 1.56. The lowest BCUT2D eigenvalue weighted by molar-refractivity contribution is 0.283. The van der Waals surface area contributed by atoms with Crippen LogP contribution in [0.4, 0.5) is 0 Å². The minimum absolute atomic E-state index is 0.128. The third kappa shape index (κ3) is 3.06. The molecule has 0 aliphatic heterocycles. The van der Waals surface area contributed by atoms with Crippen LogP contribution in [0.2, 0.25) is 0 Å². The van der Waals surface area contributed by atoms with Crippen molar-refractivity contribution < 1.29 is 9.63 Å². The van der Waals surface area contributed by atoms with Gasteiger partial charge >= 0.3 is 0 Å². The first kappa shape index (κ1) is 17.5. The molecule has 5 aromatic rings. The summed E-state index contributed by atoms with van der Waals surface area (Å²) in [6.45, 7) is -0.168. The van der Waals surface area contributed by atoms with E-state index in [0.717, 1.165) is 11.1 Å². The lowest BCUT2D eigenvalue weighted by atomic mass is 10.1. The number of aliphatic hydroxyl groups is 1. The van der Waals surface area contributed by atoms with Gasteiger partial charge in [-0.15, -0.1) is 0 Å². The fourth-order valence-corrected chi connectivity index (χ4v) is 3.86. The van der Waals surface area contributed by atoms with Crippen LogP contribution < -0.4 is 5.56 Å². The van der Waals surface area contributed by atoms with Gasteiger partial charge in [0.1, 0.15) is 12.1 Å². The quantitative estimate of drug-likeness (QED) is 0.483. The molecule has 0 saturated carbocycles. The summed E-state index contributed by atoms with van der Waals surface area (Å²) < 4.78 is 8.27. The zero-order chi connectivity index (χ0) is 19.8. The number of thiophene rings is 1. The van der Waals surface area contributed by atoms with Crippen molar-refractivity contribution in [2.45, 2.75) is 13.2 Å². The number of aliphatic hydroxyl groups excluding tert-OH is 1. The summed E-state index contributed by atoms with van der Waals surface area (Å²) in [5, 5.41) is 22.3. The molecule has 4 aromatic heterocycles. The summed E-state index contributed by atoms with van der Waals surface area (Å²) in [6, 6.07) is 11.4. The highest BCUT2D eigenvalue weighted by atomic mass is 32.1. The van der Waals surface area contributed by atoms with E-state index in [1.807, 2.05) is 47.2 Å². The molecule has 144 valence electrons. The van der Waals surface area contributed by atoms with Crippen LogP contribution in [0.1, 0.15) is 11.5 Å². The first-order valence-corrected chi connectivity index (χ1v) is 9.81. The standard InChI is InChI=1S/C20H15N5O3S/c26-11-15-17(13-4-2-1-3-5-13)22-25-8-7-24(20(27)18(15)25)10-16-21-19(23-28-16)14-6-9-29-12-14/h1-9,12,26H,10-11H2. The molecule has 0 radical (unpaired) electrons. The number of fused-ring (bicyclic) bond motifs is 1. The van der Waals surface area contributed by atoms with Crippen LogP contribution in [0.3, 0.4) is 0 Å². The second kappa shape index (κ2) is 7.12. The molecule has 4 heterocycles. The summed E-state index contributed by atoms with van der Waals surface area (Å²) in [6.07, 6.45) is 3.30. The van der Waals surface area contributed by atoms with Crippen molar-refractivity contribution >= 4 is 16.9 Å². The van der Waals surface area contributed by atoms with Crippen molar-refractivity contribution in [1.82, 2.24) is 24.3 Å². The van der Waals surface area contributed by atoms with Gasteiger partial charge in [0.15, 0.2) is 0 Å². The Labute approximate surface area is 168 Å². The Morgan fingerprint density at radius 3 is 2.72 bits per heavy atom.